The van der Waals surface area contributed by atoms with E-state index < -0.39 is 29.3 Å². The van der Waals surface area contributed by atoms with E-state index in [2.05, 4.69) is 4.74 Å². The quantitative estimate of drug-likeness (QED) is 0.462. The van der Waals surface area contributed by atoms with Gasteiger partial charge in [0.2, 0.25) is 5.82 Å². The van der Waals surface area contributed by atoms with Gasteiger partial charge in [0, 0.05) is 10.8 Å². The molecule has 4 rings (SSSR count). The lowest BCUT2D eigenvalue weighted by Gasteiger charge is -2.22. The topological polar surface area (TPSA) is 22.4 Å². The Balaban J connectivity index is 1.85. The fourth-order valence-electron chi connectivity index (χ4n) is 3.77. The molecule has 3 aromatic rings. The van der Waals surface area contributed by atoms with Crippen molar-refractivity contribution in [1.29, 1.82) is 0 Å². The average Bonchev–Trinajstić information content (AvgIpc) is 2.98. The van der Waals surface area contributed by atoms with Crippen LogP contribution in [0.1, 0.15) is 43.6 Å². The first-order valence-electron chi connectivity index (χ1n) is 8.44. The standard InChI is InChI=1S/C19H15F5O2/c20-15-11(10-4-2-1-3-5-10)6-7-12-13-8-9-14(26-19(22,23)24)16(21)18(13)25-17(12)15/h6-10H,1-5H2. The van der Waals surface area contributed by atoms with Crippen LogP contribution in [0.4, 0.5) is 22.0 Å². The van der Waals surface area contributed by atoms with Gasteiger partial charge in [0.05, 0.1) is 0 Å². The lowest BCUT2D eigenvalue weighted by atomic mass is 9.83. The van der Waals surface area contributed by atoms with Crippen LogP contribution < -0.4 is 4.74 Å². The summed E-state index contributed by atoms with van der Waals surface area (Å²) in [6, 6.07) is 5.41. The van der Waals surface area contributed by atoms with E-state index in [0.29, 0.717) is 10.9 Å². The first-order valence-corrected chi connectivity index (χ1v) is 8.44. The largest absolute Gasteiger partial charge is 0.573 e. The molecule has 1 aliphatic rings. The van der Waals surface area contributed by atoms with Gasteiger partial charge in [0.25, 0.3) is 0 Å². The van der Waals surface area contributed by atoms with E-state index in [9.17, 15) is 22.0 Å². The van der Waals surface area contributed by atoms with E-state index in [1.165, 1.54) is 6.07 Å². The summed E-state index contributed by atoms with van der Waals surface area (Å²) in [6.45, 7) is 0. The van der Waals surface area contributed by atoms with Gasteiger partial charge in [0.1, 0.15) is 0 Å². The van der Waals surface area contributed by atoms with Crippen LogP contribution in [-0.4, -0.2) is 6.36 Å². The molecule has 0 bridgehead atoms. The predicted octanol–water partition coefficient (Wildman–Crippen LogP) is 6.81. The minimum Gasteiger partial charge on any atom is -0.450 e. The molecule has 1 saturated carbocycles. The van der Waals surface area contributed by atoms with Crippen LogP contribution in [0.5, 0.6) is 5.75 Å². The number of alkyl halides is 3. The Bertz CT molecular complexity index is 968. The minimum atomic E-state index is -5.03. The van der Waals surface area contributed by atoms with Crippen molar-refractivity contribution in [3.05, 3.63) is 41.5 Å². The summed E-state index contributed by atoms with van der Waals surface area (Å²) < 4.78 is 75.4. The van der Waals surface area contributed by atoms with Crippen LogP contribution in [0.15, 0.2) is 28.7 Å². The third-order valence-corrected chi connectivity index (χ3v) is 4.95. The second-order valence-corrected chi connectivity index (χ2v) is 6.58. The summed E-state index contributed by atoms with van der Waals surface area (Å²) >= 11 is 0. The highest BCUT2D eigenvalue weighted by molar-refractivity contribution is 6.05. The molecule has 138 valence electrons. The van der Waals surface area contributed by atoms with Crippen molar-refractivity contribution >= 4 is 21.9 Å². The first-order chi connectivity index (χ1) is 12.3. The SMILES string of the molecule is Fc1c(OC(F)(F)F)ccc2c1oc1c(F)c(C3CCCCC3)ccc12. The first kappa shape index (κ1) is 17.1. The number of fused-ring (bicyclic) bond motifs is 3. The Morgan fingerprint density at radius 1 is 0.846 bits per heavy atom. The van der Waals surface area contributed by atoms with Crippen molar-refractivity contribution in [1.82, 2.24) is 0 Å². The third-order valence-electron chi connectivity index (χ3n) is 4.95. The smallest absolute Gasteiger partial charge is 0.450 e. The van der Waals surface area contributed by atoms with E-state index in [1.54, 1.807) is 12.1 Å². The molecule has 1 aliphatic carbocycles. The van der Waals surface area contributed by atoms with Crippen molar-refractivity contribution in [2.45, 2.75) is 44.4 Å². The summed E-state index contributed by atoms with van der Waals surface area (Å²) in [5.41, 5.74) is -0.0593. The minimum absolute atomic E-state index is 0.0790. The van der Waals surface area contributed by atoms with Crippen LogP contribution in [0.25, 0.3) is 21.9 Å². The molecule has 0 aliphatic heterocycles. The summed E-state index contributed by atoms with van der Waals surface area (Å²) in [6.07, 6.45) is -0.108. The predicted molar refractivity (Wildman–Crippen MR) is 86.1 cm³/mol. The van der Waals surface area contributed by atoms with E-state index in [1.807, 2.05) is 0 Å². The highest BCUT2D eigenvalue weighted by Gasteiger charge is 2.33. The van der Waals surface area contributed by atoms with Gasteiger partial charge in [-0.3, -0.25) is 0 Å². The van der Waals surface area contributed by atoms with Crippen molar-refractivity contribution in [2.24, 2.45) is 0 Å². The number of hydrogen-bond donors (Lipinski definition) is 0. The molecule has 2 nitrogen and oxygen atoms in total. The van der Waals surface area contributed by atoms with Gasteiger partial charge in [-0.25, -0.2) is 4.39 Å². The molecule has 0 N–H and O–H groups in total. The van der Waals surface area contributed by atoms with Crippen molar-refractivity contribution in [2.75, 3.05) is 0 Å². The Labute approximate surface area is 145 Å². The van der Waals surface area contributed by atoms with Crippen LogP contribution in [0.2, 0.25) is 0 Å². The number of ether oxygens (including phenoxy) is 1. The summed E-state index contributed by atoms with van der Waals surface area (Å²) in [4.78, 5) is 0. The summed E-state index contributed by atoms with van der Waals surface area (Å²) in [5.74, 6) is -2.79. The Morgan fingerprint density at radius 2 is 1.46 bits per heavy atom. The molecule has 1 heterocycles. The molecule has 0 atom stereocenters. The molecule has 2 aromatic carbocycles. The lowest BCUT2D eigenvalue weighted by molar-refractivity contribution is -0.275. The molecule has 7 heteroatoms. The molecule has 0 spiro atoms. The van der Waals surface area contributed by atoms with Crippen LogP contribution >= 0.6 is 0 Å². The Kier molecular flexibility index (Phi) is 4.04. The van der Waals surface area contributed by atoms with Gasteiger partial charge in [-0.05, 0) is 42.5 Å². The molecule has 1 aromatic heterocycles. The molecular formula is C19H15F5O2. The maximum absolute atomic E-state index is 15.0. The number of benzene rings is 2. The van der Waals surface area contributed by atoms with Gasteiger partial charge in [-0.15, -0.1) is 13.2 Å². The van der Waals surface area contributed by atoms with E-state index >= 15 is 0 Å². The Hall–Kier alpha value is -2.31. The average molecular weight is 370 g/mol. The van der Waals surface area contributed by atoms with Gasteiger partial charge < -0.3 is 9.15 Å². The number of halogens is 5. The number of rotatable bonds is 2. The monoisotopic (exact) mass is 370 g/mol. The van der Waals surface area contributed by atoms with Crippen molar-refractivity contribution in [3.8, 4) is 5.75 Å². The van der Waals surface area contributed by atoms with Gasteiger partial charge in [0.15, 0.2) is 22.7 Å². The second kappa shape index (κ2) is 6.14. The molecule has 26 heavy (non-hydrogen) atoms. The lowest BCUT2D eigenvalue weighted by Crippen LogP contribution is -2.17. The van der Waals surface area contributed by atoms with Gasteiger partial charge >= 0.3 is 6.36 Å². The maximum Gasteiger partial charge on any atom is 0.573 e. The molecule has 0 radical (unpaired) electrons. The van der Waals surface area contributed by atoms with Crippen molar-refractivity contribution < 1.29 is 31.1 Å². The number of hydrogen-bond acceptors (Lipinski definition) is 2. The van der Waals surface area contributed by atoms with Crippen molar-refractivity contribution in [3.63, 3.8) is 0 Å². The molecule has 1 fully saturated rings. The highest BCUT2D eigenvalue weighted by atomic mass is 19.4. The normalized spacial score (nSPS) is 16.5. The highest BCUT2D eigenvalue weighted by Crippen LogP contribution is 2.41. The number of furan rings is 1. The Morgan fingerprint density at radius 3 is 2.12 bits per heavy atom. The summed E-state index contributed by atoms with van der Waals surface area (Å²) in [5, 5.41) is 0.538. The fraction of sp³-hybridized carbons (Fsp3) is 0.368. The zero-order valence-corrected chi connectivity index (χ0v) is 13.6. The van der Waals surface area contributed by atoms with E-state index in [0.717, 1.165) is 38.2 Å². The molecular weight excluding hydrogens is 355 g/mol. The molecule has 0 saturated heterocycles. The summed E-state index contributed by atoms with van der Waals surface area (Å²) in [7, 11) is 0. The third kappa shape index (κ3) is 2.89. The molecule has 0 unspecified atom stereocenters. The molecule has 0 amide bonds. The van der Waals surface area contributed by atoms with E-state index in [-0.39, 0.29) is 16.9 Å². The van der Waals surface area contributed by atoms with Gasteiger partial charge in [-0.2, -0.15) is 4.39 Å². The van der Waals surface area contributed by atoms with Gasteiger partial charge in [-0.1, -0.05) is 25.3 Å². The van der Waals surface area contributed by atoms with E-state index in [4.69, 9.17) is 4.42 Å². The van der Waals surface area contributed by atoms with Crippen LogP contribution in [0, 0.1) is 11.6 Å². The van der Waals surface area contributed by atoms with Crippen LogP contribution in [0.3, 0.4) is 0 Å². The zero-order chi connectivity index (χ0) is 18.5. The fourth-order valence-corrected chi connectivity index (χ4v) is 3.77. The zero-order valence-electron chi connectivity index (χ0n) is 13.6. The second-order valence-electron chi connectivity index (χ2n) is 6.58. The van der Waals surface area contributed by atoms with Crippen LogP contribution in [-0.2, 0) is 0 Å². The maximum atomic E-state index is 15.0.